The fourth-order valence-electron chi connectivity index (χ4n) is 8.38. The van der Waals surface area contributed by atoms with Crippen LogP contribution in [0.3, 0.4) is 0 Å². The highest BCUT2D eigenvalue weighted by Crippen LogP contribution is 2.40. The van der Waals surface area contributed by atoms with E-state index < -0.39 is 8.07 Å². The summed E-state index contributed by atoms with van der Waals surface area (Å²) in [6, 6.07) is 51.9. The fraction of sp³-hybridized carbons (Fsp3) is 0.125. The summed E-state index contributed by atoms with van der Waals surface area (Å²) in [7, 11) is -2.04. The summed E-state index contributed by atoms with van der Waals surface area (Å²) >= 11 is 0. The summed E-state index contributed by atoms with van der Waals surface area (Å²) in [5.74, 6) is 2.45. The van der Waals surface area contributed by atoms with Gasteiger partial charge in [-0.2, -0.15) is 0 Å². The average molecular weight is 717 g/mol. The number of ether oxygens (including phenoxy) is 1. The molecule has 262 valence electrons. The summed E-state index contributed by atoms with van der Waals surface area (Å²) in [6.45, 7) is 11.6. The van der Waals surface area contributed by atoms with Gasteiger partial charge < -0.3 is 4.74 Å². The van der Waals surface area contributed by atoms with Crippen LogP contribution in [-0.4, -0.2) is 22.2 Å². The predicted molar refractivity (Wildman–Crippen MR) is 223 cm³/mol. The monoisotopic (exact) mass is 716 g/mol. The molecule has 0 saturated carbocycles. The van der Waals surface area contributed by atoms with E-state index in [9.17, 15) is 0 Å². The Morgan fingerprint density at radius 3 is 2.20 bits per heavy atom. The molecule has 0 unspecified atom stereocenters. The summed E-state index contributed by atoms with van der Waals surface area (Å²) in [5, 5.41) is 5.13. The van der Waals surface area contributed by atoms with Crippen LogP contribution in [-0.2, 0) is 5.41 Å². The molecule has 54 heavy (non-hydrogen) atoms. The lowest BCUT2D eigenvalue weighted by molar-refractivity contribution is -0.572. The summed E-state index contributed by atoms with van der Waals surface area (Å²) in [6.07, 6.45) is 5.66. The molecule has 0 fully saturated rings. The Morgan fingerprint density at radius 1 is 0.667 bits per heavy atom. The molecule has 6 heteroatoms. The Kier molecular flexibility index (Phi) is 7.13. The maximum absolute atomic E-state index is 6.82. The maximum Gasteiger partial charge on any atom is 0.269 e. The molecule has 5 nitrogen and oxygen atoms in total. The average Bonchev–Trinajstić information content (AvgIpc) is 3.74. The Hall–Kier alpha value is -6.24. The van der Waals surface area contributed by atoms with Crippen LogP contribution in [0.4, 0.5) is 0 Å². The summed E-state index contributed by atoms with van der Waals surface area (Å²) in [5.41, 5.74) is 10.3. The lowest BCUT2D eigenvalue weighted by Gasteiger charge is -2.32. The molecule has 3 aromatic heterocycles. The van der Waals surface area contributed by atoms with Gasteiger partial charge in [0.2, 0.25) is 0 Å². The van der Waals surface area contributed by atoms with Gasteiger partial charge in [0.15, 0.2) is 0 Å². The molecule has 1 aliphatic rings. The van der Waals surface area contributed by atoms with Gasteiger partial charge in [-0.3, -0.25) is 13.7 Å². The Labute approximate surface area is 316 Å². The lowest BCUT2D eigenvalue weighted by Crippen LogP contribution is -2.57. The van der Waals surface area contributed by atoms with E-state index in [1.807, 2.05) is 6.20 Å². The molecule has 0 bridgehead atoms. The van der Waals surface area contributed by atoms with Gasteiger partial charge >= 0.3 is 0 Å². The maximum atomic E-state index is 6.82. The molecule has 6 aromatic carbocycles. The van der Waals surface area contributed by atoms with E-state index >= 15 is 0 Å². The number of benzene rings is 6. The van der Waals surface area contributed by atoms with Gasteiger partial charge in [0.05, 0.1) is 33.4 Å². The molecular weight excluding hydrogens is 677 g/mol. The molecule has 0 amide bonds. The first kappa shape index (κ1) is 32.4. The van der Waals surface area contributed by atoms with Crippen molar-refractivity contribution in [3.05, 3.63) is 164 Å². The second-order valence-electron chi connectivity index (χ2n) is 15.9. The van der Waals surface area contributed by atoms with Crippen LogP contribution in [0.25, 0.3) is 61.2 Å². The van der Waals surface area contributed by atoms with E-state index in [4.69, 9.17) is 9.72 Å². The van der Waals surface area contributed by atoms with Gasteiger partial charge in [0.25, 0.3) is 6.33 Å². The SMILES string of the molecule is CC(C)(C)c1ccnc(-n2c3cc(Oc4ccc5c(c4)-n4[c-][n+](-c6ccccc6)c6cccc(c64)[Si]5(C)C)ccc3c3cccc(-c4ccccc4)c32)c1. The first-order valence-electron chi connectivity index (χ1n) is 18.6. The molecule has 0 saturated heterocycles. The van der Waals surface area contributed by atoms with Crippen molar-refractivity contribution in [1.29, 1.82) is 0 Å². The van der Waals surface area contributed by atoms with Crippen molar-refractivity contribution in [3.63, 3.8) is 0 Å². The third kappa shape index (κ3) is 4.97. The third-order valence-electron chi connectivity index (χ3n) is 11.2. The molecule has 4 heterocycles. The minimum Gasteiger partial charge on any atom is -0.458 e. The summed E-state index contributed by atoms with van der Waals surface area (Å²) in [4.78, 5) is 4.98. The van der Waals surface area contributed by atoms with E-state index in [0.717, 1.165) is 50.6 Å². The molecule has 1 aliphatic heterocycles. The highest BCUT2D eigenvalue weighted by molar-refractivity contribution is 7.02. The molecule has 0 radical (unpaired) electrons. The molecule has 9 aromatic rings. The normalized spacial score (nSPS) is 13.4. The molecular formula is C48H40N4OSi. The zero-order valence-corrected chi connectivity index (χ0v) is 32.1. The van der Waals surface area contributed by atoms with Crippen molar-refractivity contribution in [2.24, 2.45) is 0 Å². The molecule has 0 spiro atoms. The van der Waals surface area contributed by atoms with Crippen molar-refractivity contribution >= 4 is 51.3 Å². The van der Waals surface area contributed by atoms with Gasteiger partial charge in [-0.1, -0.05) is 125 Å². The number of rotatable bonds is 5. The van der Waals surface area contributed by atoms with Crippen LogP contribution in [0, 0.1) is 6.33 Å². The lowest BCUT2D eigenvalue weighted by atomic mass is 9.88. The molecule has 0 aliphatic carbocycles. The Morgan fingerprint density at radius 2 is 1.41 bits per heavy atom. The van der Waals surface area contributed by atoms with Crippen molar-refractivity contribution in [2.45, 2.75) is 39.3 Å². The van der Waals surface area contributed by atoms with E-state index in [1.54, 1.807) is 0 Å². The van der Waals surface area contributed by atoms with E-state index in [0.29, 0.717) is 0 Å². The van der Waals surface area contributed by atoms with Gasteiger partial charge in [-0.05, 0) is 75.4 Å². The Bertz CT molecular complexity index is 2920. The van der Waals surface area contributed by atoms with E-state index in [-0.39, 0.29) is 5.41 Å². The number of fused-ring (bicyclic) bond motifs is 5. The smallest absolute Gasteiger partial charge is 0.269 e. The van der Waals surface area contributed by atoms with Crippen LogP contribution in [0.5, 0.6) is 11.5 Å². The fourth-order valence-corrected chi connectivity index (χ4v) is 11.3. The van der Waals surface area contributed by atoms with Gasteiger partial charge in [0.1, 0.15) is 25.4 Å². The van der Waals surface area contributed by atoms with Crippen LogP contribution in [0.15, 0.2) is 152 Å². The number of hydrogen-bond donors (Lipinski definition) is 0. The Balaban J connectivity index is 1.14. The second kappa shape index (κ2) is 11.9. The highest BCUT2D eigenvalue weighted by Gasteiger charge is 2.36. The van der Waals surface area contributed by atoms with E-state index in [2.05, 4.69) is 199 Å². The van der Waals surface area contributed by atoms with Crippen molar-refractivity contribution < 1.29 is 9.30 Å². The second-order valence-corrected chi connectivity index (χ2v) is 20.2. The molecule has 10 rings (SSSR count). The number of para-hydroxylation sites is 3. The third-order valence-corrected chi connectivity index (χ3v) is 14.7. The van der Waals surface area contributed by atoms with Gasteiger partial charge in [0, 0.05) is 28.6 Å². The van der Waals surface area contributed by atoms with Gasteiger partial charge in [-0.15, -0.1) is 0 Å². The number of imidazole rings is 1. The molecule has 0 atom stereocenters. The zero-order chi connectivity index (χ0) is 36.8. The van der Waals surface area contributed by atoms with Crippen molar-refractivity contribution in [1.82, 2.24) is 14.1 Å². The van der Waals surface area contributed by atoms with Crippen molar-refractivity contribution in [2.75, 3.05) is 0 Å². The van der Waals surface area contributed by atoms with Crippen LogP contribution >= 0.6 is 0 Å². The molecule has 0 N–H and O–H groups in total. The van der Waals surface area contributed by atoms with Crippen LogP contribution < -0.4 is 19.7 Å². The first-order chi connectivity index (χ1) is 26.2. The largest absolute Gasteiger partial charge is 0.458 e. The number of aromatic nitrogens is 4. The highest BCUT2D eigenvalue weighted by atomic mass is 28.3. The first-order valence-corrected chi connectivity index (χ1v) is 21.6. The topological polar surface area (TPSA) is 35.9 Å². The predicted octanol–water partition coefficient (Wildman–Crippen LogP) is 10.1. The quantitative estimate of drug-likeness (QED) is 0.101. The standard InChI is InChI=1S/C48H40N4OSi/c1-48(2,3)33-26-27-49-45(28-33)52-41-29-35(22-24-38(41)39-19-12-18-37(46(39)52)32-14-8-6-9-15-32)53-36-23-25-43-42(30-36)51-31-50(34-16-10-7-11-17-34)40-20-13-21-44(47(40)51)54(43,4)5/h6-30H,1-5H3. The van der Waals surface area contributed by atoms with Gasteiger partial charge in [-0.25, -0.2) is 4.98 Å². The van der Waals surface area contributed by atoms with Crippen LogP contribution in [0.2, 0.25) is 13.1 Å². The van der Waals surface area contributed by atoms with Crippen molar-refractivity contribution in [3.8, 4) is 39.8 Å². The number of nitrogens with zero attached hydrogens (tertiary/aromatic N) is 4. The minimum absolute atomic E-state index is 0.0273. The van der Waals surface area contributed by atoms with E-state index in [1.165, 1.54) is 38.0 Å². The number of pyridine rings is 1. The minimum atomic E-state index is -2.04. The summed E-state index contributed by atoms with van der Waals surface area (Å²) < 4.78 is 13.6. The number of hydrogen-bond acceptors (Lipinski definition) is 2. The zero-order valence-electron chi connectivity index (χ0n) is 31.1. The van der Waals surface area contributed by atoms with Crippen LogP contribution in [0.1, 0.15) is 26.3 Å².